The Balaban J connectivity index is 2.81. The van der Waals surface area contributed by atoms with Crippen molar-refractivity contribution in [3.8, 4) is 5.75 Å². The van der Waals surface area contributed by atoms with Gasteiger partial charge in [-0.25, -0.2) is 0 Å². The number of hydrogen-bond donors (Lipinski definition) is 0. The first-order valence-corrected chi connectivity index (χ1v) is 6.03. The van der Waals surface area contributed by atoms with Crippen LogP contribution in [0, 0.1) is 0 Å². The average molecular weight is 286 g/mol. The van der Waals surface area contributed by atoms with Crippen molar-refractivity contribution in [1.82, 2.24) is 4.90 Å². The maximum Gasteiger partial charge on any atom is 0.307 e. The molecule has 1 aromatic rings. The molecule has 1 aromatic carbocycles. The Morgan fingerprint density at radius 1 is 1.32 bits per heavy atom. The Morgan fingerprint density at radius 2 is 2.00 bits per heavy atom. The van der Waals surface area contributed by atoms with Crippen molar-refractivity contribution in [2.24, 2.45) is 0 Å². The highest BCUT2D eigenvalue weighted by Crippen LogP contribution is 2.23. The molecule has 104 valence electrons. The van der Waals surface area contributed by atoms with Gasteiger partial charge in [-0.15, -0.1) is 0 Å². The lowest BCUT2D eigenvalue weighted by Gasteiger charge is -2.18. The Hall–Kier alpha value is -1.75. The van der Waals surface area contributed by atoms with E-state index in [1.807, 2.05) is 0 Å². The summed E-state index contributed by atoms with van der Waals surface area (Å²) in [5.74, 6) is -0.180. The standard InChI is InChI=1S/C13H16ClNO4/c1-15(7-6-12(16)19-3)13(17)10-8-9(14)4-5-11(10)18-2/h4-5,8H,6-7H2,1-3H3. The molecule has 0 aliphatic rings. The SMILES string of the molecule is COC(=O)CCN(C)C(=O)c1cc(Cl)ccc1OC. The van der Waals surface area contributed by atoms with Crippen LogP contribution in [-0.2, 0) is 9.53 Å². The molecule has 0 radical (unpaired) electrons. The first-order valence-electron chi connectivity index (χ1n) is 5.65. The number of benzene rings is 1. The number of esters is 1. The summed E-state index contributed by atoms with van der Waals surface area (Å²) in [5.41, 5.74) is 0.363. The molecule has 0 unspecified atom stereocenters. The molecule has 1 rings (SSSR count). The summed E-state index contributed by atoms with van der Waals surface area (Å²) in [6.45, 7) is 0.265. The molecule has 6 heteroatoms. The maximum atomic E-state index is 12.2. The van der Waals surface area contributed by atoms with Crippen molar-refractivity contribution in [2.75, 3.05) is 27.8 Å². The average Bonchev–Trinajstić information content (AvgIpc) is 2.43. The van der Waals surface area contributed by atoms with E-state index in [4.69, 9.17) is 16.3 Å². The van der Waals surface area contributed by atoms with Gasteiger partial charge in [-0.3, -0.25) is 9.59 Å². The van der Waals surface area contributed by atoms with Gasteiger partial charge < -0.3 is 14.4 Å². The van der Waals surface area contributed by atoms with Gasteiger partial charge in [0.05, 0.1) is 26.2 Å². The van der Waals surface area contributed by atoms with Crippen molar-refractivity contribution < 1.29 is 19.1 Å². The summed E-state index contributed by atoms with van der Waals surface area (Å²) in [6, 6.07) is 4.81. The highest BCUT2D eigenvalue weighted by Gasteiger charge is 2.17. The molecule has 0 aromatic heterocycles. The zero-order valence-corrected chi connectivity index (χ0v) is 11.9. The number of ether oxygens (including phenoxy) is 2. The van der Waals surface area contributed by atoms with Gasteiger partial charge in [0.2, 0.25) is 0 Å². The van der Waals surface area contributed by atoms with E-state index >= 15 is 0 Å². The summed E-state index contributed by atoms with van der Waals surface area (Å²) < 4.78 is 9.65. The smallest absolute Gasteiger partial charge is 0.307 e. The summed E-state index contributed by atoms with van der Waals surface area (Å²) in [7, 11) is 4.39. The van der Waals surface area contributed by atoms with Crippen LogP contribution in [0.15, 0.2) is 18.2 Å². The summed E-state index contributed by atoms with van der Waals surface area (Å²) >= 11 is 5.87. The van der Waals surface area contributed by atoms with Crippen LogP contribution >= 0.6 is 11.6 Å². The number of methoxy groups -OCH3 is 2. The van der Waals surface area contributed by atoms with Crippen LogP contribution in [0.4, 0.5) is 0 Å². The van der Waals surface area contributed by atoms with Crippen LogP contribution in [0.1, 0.15) is 16.8 Å². The van der Waals surface area contributed by atoms with Crippen LogP contribution in [0.2, 0.25) is 5.02 Å². The number of rotatable bonds is 5. The van der Waals surface area contributed by atoms with Crippen LogP contribution in [0.25, 0.3) is 0 Å². The van der Waals surface area contributed by atoms with Gasteiger partial charge in [-0.1, -0.05) is 11.6 Å². The van der Waals surface area contributed by atoms with Gasteiger partial charge in [0.25, 0.3) is 5.91 Å². The van der Waals surface area contributed by atoms with Crippen molar-refractivity contribution in [3.05, 3.63) is 28.8 Å². The van der Waals surface area contributed by atoms with Gasteiger partial charge in [0.1, 0.15) is 5.75 Å². The van der Waals surface area contributed by atoms with Gasteiger partial charge >= 0.3 is 5.97 Å². The topological polar surface area (TPSA) is 55.8 Å². The number of carbonyl (C=O) groups excluding carboxylic acids is 2. The molecule has 0 bridgehead atoms. The summed E-state index contributed by atoms with van der Waals surface area (Å²) in [5, 5.41) is 0.450. The lowest BCUT2D eigenvalue weighted by atomic mass is 10.1. The molecule has 0 aliphatic heterocycles. The molecule has 0 aliphatic carbocycles. The monoisotopic (exact) mass is 285 g/mol. The van der Waals surface area contributed by atoms with E-state index in [2.05, 4.69) is 4.74 Å². The molecular weight excluding hydrogens is 270 g/mol. The van der Waals surface area contributed by atoms with Crippen molar-refractivity contribution >= 4 is 23.5 Å². The minimum absolute atomic E-state index is 0.140. The Kier molecular flexibility index (Phi) is 5.63. The zero-order chi connectivity index (χ0) is 14.4. The minimum atomic E-state index is -0.363. The Morgan fingerprint density at radius 3 is 2.58 bits per heavy atom. The van der Waals surface area contributed by atoms with Gasteiger partial charge in [-0.05, 0) is 18.2 Å². The molecule has 0 atom stereocenters. The van der Waals surface area contributed by atoms with Crippen molar-refractivity contribution in [1.29, 1.82) is 0 Å². The first-order chi connectivity index (χ1) is 8.99. The van der Waals surface area contributed by atoms with E-state index in [0.29, 0.717) is 16.3 Å². The molecular formula is C13H16ClNO4. The van der Waals surface area contributed by atoms with E-state index in [-0.39, 0.29) is 24.8 Å². The molecule has 0 N–H and O–H groups in total. The second kappa shape index (κ2) is 6.99. The quantitative estimate of drug-likeness (QED) is 0.776. The number of nitrogens with zero attached hydrogens (tertiary/aromatic N) is 1. The molecule has 0 fully saturated rings. The largest absolute Gasteiger partial charge is 0.496 e. The predicted molar refractivity (Wildman–Crippen MR) is 71.6 cm³/mol. The molecule has 5 nitrogen and oxygen atoms in total. The third-order valence-electron chi connectivity index (χ3n) is 2.62. The summed E-state index contributed by atoms with van der Waals surface area (Å²) in [4.78, 5) is 24.7. The van der Waals surface area contributed by atoms with E-state index in [9.17, 15) is 9.59 Å². The van der Waals surface area contributed by atoms with E-state index in [1.165, 1.54) is 25.2 Å². The molecule has 0 saturated carbocycles. The van der Waals surface area contributed by atoms with Crippen molar-refractivity contribution in [2.45, 2.75) is 6.42 Å². The van der Waals surface area contributed by atoms with Crippen molar-refractivity contribution in [3.63, 3.8) is 0 Å². The molecule has 0 heterocycles. The van der Waals surface area contributed by atoms with Gasteiger partial charge in [0.15, 0.2) is 0 Å². The van der Waals surface area contributed by atoms with Crippen LogP contribution in [0.5, 0.6) is 5.75 Å². The van der Waals surface area contributed by atoms with Gasteiger partial charge in [0, 0.05) is 18.6 Å². The maximum absolute atomic E-state index is 12.2. The molecule has 0 spiro atoms. The first kappa shape index (κ1) is 15.3. The third kappa shape index (κ3) is 4.13. The van der Waals surface area contributed by atoms with E-state index in [0.717, 1.165) is 0 Å². The molecule has 1 amide bonds. The number of halogens is 1. The fourth-order valence-corrected chi connectivity index (χ4v) is 1.69. The van der Waals surface area contributed by atoms with E-state index in [1.54, 1.807) is 19.2 Å². The number of amides is 1. The fraction of sp³-hybridized carbons (Fsp3) is 0.385. The number of carbonyl (C=O) groups is 2. The lowest BCUT2D eigenvalue weighted by Crippen LogP contribution is -2.29. The minimum Gasteiger partial charge on any atom is -0.496 e. The predicted octanol–water partition coefficient (Wildman–Crippen LogP) is 1.98. The second-order valence-electron chi connectivity index (χ2n) is 3.90. The Bertz CT molecular complexity index is 476. The normalized spacial score (nSPS) is 9.89. The zero-order valence-electron chi connectivity index (χ0n) is 11.1. The molecule has 19 heavy (non-hydrogen) atoms. The molecule has 0 saturated heterocycles. The fourth-order valence-electron chi connectivity index (χ4n) is 1.52. The Labute approximate surface area is 117 Å². The van der Waals surface area contributed by atoms with E-state index < -0.39 is 0 Å². The van der Waals surface area contributed by atoms with Crippen LogP contribution < -0.4 is 4.74 Å². The third-order valence-corrected chi connectivity index (χ3v) is 2.85. The summed E-state index contributed by atoms with van der Waals surface area (Å²) in [6.07, 6.45) is 0.140. The highest BCUT2D eigenvalue weighted by molar-refractivity contribution is 6.31. The lowest BCUT2D eigenvalue weighted by molar-refractivity contribution is -0.140. The van der Waals surface area contributed by atoms with Crippen LogP contribution in [-0.4, -0.2) is 44.6 Å². The highest BCUT2D eigenvalue weighted by atomic mass is 35.5. The van der Waals surface area contributed by atoms with Gasteiger partial charge in [-0.2, -0.15) is 0 Å². The number of hydrogen-bond acceptors (Lipinski definition) is 4. The second-order valence-corrected chi connectivity index (χ2v) is 4.33. The van der Waals surface area contributed by atoms with Crippen LogP contribution in [0.3, 0.4) is 0 Å².